The lowest BCUT2D eigenvalue weighted by atomic mass is 10.1. The lowest BCUT2D eigenvalue weighted by Gasteiger charge is -2.06. The molecule has 2 heterocycles. The summed E-state index contributed by atoms with van der Waals surface area (Å²) >= 11 is 1.65. The molecule has 0 bridgehead atoms. The minimum absolute atomic E-state index is 0.0692. The van der Waals surface area contributed by atoms with Crippen LogP contribution in [-0.4, -0.2) is 32.4 Å². The highest BCUT2D eigenvalue weighted by atomic mass is 32.1. The zero-order valence-corrected chi connectivity index (χ0v) is 15.7. The van der Waals surface area contributed by atoms with Crippen LogP contribution in [-0.2, 0) is 17.8 Å². The molecule has 0 saturated heterocycles. The number of fused-ring (bicyclic) bond motifs is 1. The van der Waals surface area contributed by atoms with Crippen LogP contribution in [0.1, 0.15) is 10.6 Å². The molecule has 4 rings (SSSR count). The molecule has 0 spiro atoms. The van der Waals surface area contributed by atoms with Crippen LogP contribution < -0.4 is 5.32 Å². The molecule has 0 radical (unpaired) electrons. The third-order valence-corrected chi connectivity index (χ3v) is 5.09. The third-order valence-electron chi connectivity index (χ3n) is 4.32. The first kappa shape index (κ1) is 17.4. The zero-order chi connectivity index (χ0) is 18.6. The van der Waals surface area contributed by atoms with Gasteiger partial charge in [-0.3, -0.25) is 4.79 Å². The Balaban J connectivity index is 1.29. The normalized spacial score (nSPS) is 11.0. The van der Waals surface area contributed by atoms with Gasteiger partial charge in [0.25, 0.3) is 0 Å². The summed E-state index contributed by atoms with van der Waals surface area (Å²) in [5.41, 5.74) is 4.96. The summed E-state index contributed by atoms with van der Waals surface area (Å²) in [6.07, 6.45) is 0.778. The quantitative estimate of drug-likeness (QED) is 0.560. The Bertz CT molecular complexity index is 1070. The maximum Gasteiger partial charge on any atom is 0.241 e. The number of nitrogens with zero attached hydrogens (tertiary/aromatic N) is 4. The highest BCUT2D eigenvalue weighted by molar-refractivity contribution is 7.09. The van der Waals surface area contributed by atoms with Gasteiger partial charge in [-0.2, -0.15) is 0 Å². The van der Waals surface area contributed by atoms with Crippen LogP contribution in [0.15, 0.2) is 53.9 Å². The van der Waals surface area contributed by atoms with Crippen molar-refractivity contribution in [2.45, 2.75) is 19.9 Å². The Hall–Kier alpha value is -3.06. The number of hydrogen-bond donors (Lipinski definition) is 1. The fourth-order valence-electron chi connectivity index (χ4n) is 2.91. The second kappa shape index (κ2) is 7.67. The van der Waals surface area contributed by atoms with E-state index >= 15 is 0 Å². The molecule has 4 aromatic rings. The molecule has 0 saturated carbocycles. The molecule has 27 heavy (non-hydrogen) atoms. The average Bonchev–Trinajstić information content (AvgIpc) is 3.29. The Morgan fingerprint density at radius 3 is 2.74 bits per heavy atom. The fraction of sp³-hybridized carbons (Fsp3) is 0.200. The number of benzene rings is 2. The summed E-state index contributed by atoms with van der Waals surface area (Å²) in [5, 5.41) is 14.2. The average molecular weight is 377 g/mol. The van der Waals surface area contributed by atoms with E-state index in [0.717, 1.165) is 33.7 Å². The summed E-state index contributed by atoms with van der Waals surface area (Å²) in [4.78, 5) is 16.7. The lowest BCUT2D eigenvalue weighted by molar-refractivity contribution is -0.121. The minimum Gasteiger partial charge on any atom is -0.354 e. The summed E-state index contributed by atoms with van der Waals surface area (Å²) in [6.45, 7) is 2.76. The Labute approximate surface area is 160 Å². The second-order valence-corrected chi connectivity index (χ2v) is 7.35. The molecular weight excluding hydrogens is 358 g/mol. The number of aromatic nitrogens is 4. The summed E-state index contributed by atoms with van der Waals surface area (Å²) in [6, 6.07) is 15.9. The topological polar surface area (TPSA) is 72.7 Å². The first-order valence-electron chi connectivity index (χ1n) is 8.75. The van der Waals surface area contributed by atoms with Crippen molar-refractivity contribution in [2.75, 3.05) is 6.54 Å². The monoisotopic (exact) mass is 377 g/mol. The molecule has 6 nitrogen and oxygen atoms in total. The molecule has 0 unspecified atom stereocenters. The number of para-hydroxylation sites is 1. The van der Waals surface area contributed by atoms with Gasteiger partial charge in [0.1, 0.15) is 12.1 Å². The molecule has 7 heteroatoms. The van der Waals surface area contributed by atoms with Crippen LogP contribution >= 0.6 is 11.3 Å². The van der Waals surface area contributed by atoms with E-state index in [9.17, 15) is 4.79 Å². The van der Waals surface area contributed by atoms with E-state index in [1.54, 1.807) is 16.0 Å². The van der Waals surface area contributed by atoms with E-state index in [1.807, 2.05) is 31.2 Å². The molecular formula is C20H19N5OS. The number of aryl methyl sites for hydroxylation is 1. The Morgan fingerprint density at radius 1 is 1.15 bits per heavy atom. The van der Waals surface area contributed by atoms with Crippen molar-refractivity contribution in [3.63, 3.8) is 0 Å². The maximum absolute atomic E-state index is 12.2. The standard InChI is InChI=1S/C20H19N5OS/c1-14-22-18(13-27-14)16-8-6-15(7-9-16)10-11-21-20(26)12-25-19-5-3-2-4-17(19)23-24-25/h2-9,13H,10-12H2,1H3,(H,21,26). The predicted molar refractivity (Wildman–Crippen MR) is 107 cm³/mol. The summed E-state index contributed by atoms with van der Waals surface area (Å²) in [5.74, 6) is -0.0692. The number of carbonyl (C=O) groups excluding carboxylic acids is 1. The molecule has 0 atom stereocenters. The van der Waals surface area contributed by atoms with Crippen LogP contribution in [0.2, 0.25) is 0 Å². The van der Waals surface area contributed by atoms with E-state index in [2.05, 4.69) is 50.3 Å². The van der Waals surface area contributed by atoms with Crippen LogP contribution in [0.5, 0.6) is 0 Å². The van der Waals surface area contributed by atoms with Gasteiger partial charge in [-0.25, -0.2) is 9.67 Å². The van der Waals surface area contributed by atoms with Crippen LogP contribution in [0.4, 0.5) is 0 Å². The summed E-state index contributed by atoms with van der Waals surface area (Å²) < 4.78 is 1.62. The van der Waals surface area contributed by atoms with Crippen LogP contribution in [0, 0.1) is 6.92 Å². The lowest BCUT2D eigenvalue weighted by Crippen LogP contribution is -2.29. The number of amides is 1. The molecule has 136 valence electrons. The SMILES string of the molecule is Cc1nc(-c2ccc(CCNC(=O)Cn3nnc4ccccc43)cc2)cs1. The van der Waals surface area contributed by atoms with Gasteiger partial charge in [0.2, 0.25) is 5.91 Å². The second-order valence-electron chi connectivity index (χ2n) is 6.28. The van der Waals surface area contributed by atoms with Gasteiger partial charge in [0, 0.05) is 17.5 Å². The zero-order valence-electron chi connectivity index (χ0n) is 14.9. The van der Waals surface area contributed by atoms with Gasteiger partial charge in [-0.15, -0.1) is 16.4 Å². The van der Waals surface area contributed by atoms with Gasteiger partial charge in [-0.05, 0) is 31.0 Å². The van der Waals surface area contributed by atoms with Crippen LogP contribution in [0.3, 0.4) is 0 Å². The van der Waals surface area contributed by atoms with E-state index in [0.29, 0.717) is 6.54 Å². The third kappa shape index (κ3) is 4.03. The predicted octanol–water partition coefficient (Wildman–Crippen LogP) is 3.22. The molecule has 0 aliphatic carbocycles. The smallest absolute Gasteiger partial charge is 0.241 e. The number of carbonyl (C=O) groups is 1. The van der Waals surface area contributed by atoms with Crippen molar-refractivity contribution >= 4 is 28.3 Å². The van der Waals surface area contributed by atoms with Crippen molar-refractivity contribution in [3.05, 3.63) is 64.5 Å². The van der Waals surface area contributed by atoms with Crippen molar-refractivity contribution in [3.8, 4) is 11.3 Å². The summed E-state index contributed by atoms with van der Waals surface area (Å²) in [7, 11) is 0. The largest absolute Gasteiger partial charge is 0.354 e. The fourth-order valence-corrected chi connectivity index (χ4v) is 3.53. The first-order chi connectivity index (χ1) is 13.2. The number of rotatable bonds is 6. The molecule has 2 aromatic carbocycles. The Kier molecular flexibility index (Phi) is 4.93. The molecule has 0 aliphatic rings. The van der Waals surface area contributed by atoms with Crippen LogP contribution in [0.25, 0.3) is 22.3 Å². The number of nitrogens with one attached hydrogen (secondary N) is 1. The molecule has 1 amide bonds. The highest BCUT2D eigenvalue weighted by Crippen LogP contribution is 2.21. The maximum atomic E-state index is 12.2. The minimum atomic E-state index is -0.0692. The van der Waals surface area contributed by atoms with Gasteiger partial charge in [0.05, 0.1) is 16.2 Å². The molecule has 0 aliphatic heterocycles. The van der Waals surface area contributed by atoms with Gasteiger partial charge < -0.3 is 5.32 Å². The van der Waals surface area contributed by atoms with Crippen molar-refractivity contribution in [1.82, 2.24) is 25.3 Å². The molecule has 0 fully saturated rings. The van der Waals surface area contributed by atoms with Crippen molar-refractivity contribution < 1.29 is 4.79 Å². The van der Waals surface area contributed by atoms with E-state index in [-0.39, 0.29) is 12.5 Å². The van der Waals surface area contributed by atoms with Crippen molar-refractivity contribution in [1.29, 1.82) is 0 Å². The van der Waals surface area contributed by atoms with E-state index in [4.69, 9.17) is 0 Å². The van der Waals surface area contributed by atoms with E-state index < -0.39 is 0 Å². The number of hydrogen-bond acceptors (Lipinski definition) is 5. The molecule has 1 N–H and O–H groups in total. The van der Waals surface area contributed by atoms with Crippen molar-refractivity contribution in [2.24, 2.45) is 0 Å². The Morgan fingerprint density at radius 2 is 1.96 bits per heavy atom. The van der Waals surface area contributed by atoms with Gasteiger partial charge >= 0.3 is 0 Å². The first-order valence-corrected chi connectivity index (χ1v) is 9.63. The van der Waals surface area contributed by atoms with E-state index in [1.165, 1.54) is 5.56 Å². The highest BCUT2D eigenvalue weighted by Gasteiger charge is 2.08. The molecule has 2 aromatic heterocycles. The van der Waals surface area contributed by atoms with Gasteiger partial charge in [0.15, 0.2) is 0 Å². The number of thiazole rings is 1. The van der Waals surface area contributed by atoms with Gasteiger partial charge in [-0.1, -0.05) is 41.6 Å².